The van der Waals surface area contributed by atoms with Crippen molar-refractivity contribution in [1.29, 1.82) is 0 Å². The fourth-order valence-electron chi connectivity index (χ4n) is 4.91. The second kappa shape index (κ2) is 7.24. The number of ether oxygens (including phenoxy) is 1. The van der Waals surface area contributed by atoms with E-state index in [0.29, 0.717) is 12.6 Å². The van der Waals surface area contributed by atoms with E-state index in [1.807, 2.05) is 18.2 Å². The van der Waals surface area contributed by atoms with E-state index in [-0.39, 0.29) is 5.91 Å². The summed E-state index contributed by atoms with van der Waals surface area (Å²) in [5, 5.41) is 3.30. The Morgan fingerprint density at radius 3 is 2.64 bits per heavy atom. The summed E-state index contributed by atoms with van der Waals surface area (Å²) in [5.41, 5.74) is 1.15. The summed E-state index contributed by atoms with van der Waals surface area (Å²) in [6.07, 6.45) is 5.23. The van der Waals surface area contributed by atoms with Crippen molar-refractivity contribution in [3.63, 3.8) is 0 Å². The highest BCUT2D eigenvalue weighted by molar-refractivity contribution is 5.78. The first-order valence-electron chi connectivity index (χ1n) is 9.62. The van der Waals surface area contributed by atoms with Gasteiger partial charge in [-0.2, -0.15) is 0 Å². The van der Waals surface area contributed by atoms with Crippen LogP contribution >= 0.6 is 0 Å². The molecule has 3 fully saturated rings. The van der Waals surface area contributed by atoms with Crippen molar-refractivity contribution in [2.24, 2.45) is 11.8 Å². The molecule has 5 heteroatoms. The molecule has 2 saturated carbocycles. The molecule has 25 heavy (non-hydrogen) atoms. The maximum absolute atomic E-state index is 12.4. The second-order valence-electron chi connectivity index (χ2n) is 7.78. The number of methoxy groups -OCH3 is 1. The van der Waals surface area contributed by atoms with Gasteiger partial charge in [0, 0.05) is 32.2 Å². The Morgan fingerprint density at radius 1 is 1.16 bits per heavy atom. The lowest BCUT2D eigenvalue weighted by Gasteiger charge is -2.36. The summed E-state index contributed by atoms with van der Waals surface area (Å²) in [7, 11) is 1.72. The predicted octanol–water partition coefficient (Wildman–Crippen LogP) is 2.12. The normalized spacial score (nSPS) is 29.0. The summed E-state index contributed by atoms with van der Waals surface area (Å²) in [6, 6.07) is 8.60. The molecule has 1 aromatic carbocycles. The molecule has 0 unspecified atom stereocenters. The second-order valence-corrected chi connectivity index (χ2v) is 7.78. The van der Waals surface area contributed by atoms with Gasteiger partial charge in [0.15, 0.2) is 0 Å². The van der Waals surface area contributed by atoms with Crippen molar-refractivity contribution >= 4 is 11.6 Å². The molecule has 0 aromatic heterocycles. The molecule has 1 saturated heterocycles. The van der Waals surface area contributed by atoms with Crippen LogP contribution in [0.5, 0.6) is 5.75 Å². The molecule has 1 aromatic rings. The molecule has 3 atom stereocenters. The summed E-state index contributed by atoms with van der Waals surface area (Å²) < 4.78 is 5.47. The standard InChI is InChI=1S/C20H29N3O2/c1-25-19-5-3-2-4-18(19)23-10-8-22(9-11-23)14-20(24)21-17-13-15-6-7-16(17)12-15/h2-5,15-17H,6-14H2,1H3,(H,21,24)/t15-,16-,17+/m1/s1. The number of fused-ring (bicyclic) bond motifs is 2. The van der Waals surface area contributed by atoms with Crippen LogP contribution in [-0.2, 0) is 4.79 Å². The van der Waals surface area contributed by atoms with Crippen LogP contribution in [0.4, 0.5) is 5.69 Å². The van der Waals surface area contributed by atoms with Crippen LogP contribution < -0.4 is 15.0 Å². The van der Waals surface area contributed by atoms with Crippen LogP contribution in [0.25, 0.3) is 0 Å². The number of carbonyl (C=O) groups is 1. The van der Waals surface area contributed by atoms with Crippen molar-refractivity contribution in [1.82, 2.24) is 10.2 Å². The van der Waals surface area contributed by atoms with Gasteiger partial charge >= 0.3 is 0 Å². The summed E-state index contributed by atoms with van der Waals surface area (Å²) in [6.45, 7) is 4.24. The van der Waals surface area contributed by atoms with Gasteiger partial charge < -0.3 is 15.0 Å². The number of piperazine rings is 1. The van der Waals surface area contributed by atoms with E-state index in [0.717, 1.165) is 49.5 Å². The summed E-state index contributed by atoms with van der Waals surface area (Å²) in [4.78, 5) is 17.0. The Kier molecular flexibility index (Phi) is 4.84. The number of rotatable bonds is 5. The van der Waals surface area contributed by atoms with E-state index in [1.54, 1.807) is 7.11 Å². The van der Waals surface area contributed by atoms with E-state index in [4.69, 9.17) is 4.74 Å². The molecule has 1 aliphatic heterocycles. The fraction of sp³-hybridized carbons (Fsp3) is 0.650. The zero-order chi connectivity index (χ0) is 17.2. The lowest BCUT2D eigenvalue weighted by Crippen LogP contribution is -2.51. The topological polar surface area (TPSA) is 44.8 Å². The van der Waals surface area contributed by atoms with E-state index < -0.39 is 0 Å². The molecule has 0 spiro atoms. The first kappa shape index (κ1) is 16.7. The van der Waals surface area contributed by atoms with Crippen LogP contribution in [0.15, 0.2) is 24.3 Å². The van der Waals surface area contributed by atoms with Crippen LogP contribution in [0.3, 0.4) is 0 Å². The number of amides is 1. The number of carbonyl (C=O) groups excluding carboxylic acids is 1. The molecule has 3 aliphatic rings. The zero-order valence-electron chi connectivity index (χ0n) is 15.1. The van der Waals surface area contributed by atoms with Gasteiger partial charge in [-0.15, -0.1) is 0 Å². The molecule has 1 heterocycles. The van der Waals surface area contributed by atoms with Crippen molar-refractivity contribution in [3.05, 3.63) is 24.3 Å². The van der Waals surface area contributed by atoms with Gasteiger partial charge in [-0.1, -0.05) is 18.6 Å². The third kappa shape index (κ3) is 3.61. The van der Waals surface area contributed by atoms with Gasteiger partial charge in [-0.05, 0) is 43.2 Å². The lowest BCUT2D eigenvalue weighted by molar-refractivity contribution is -0.123. The number of nitrogens with one attached hydrogen (secondary N) is 1. The van der Waals surface area contributed by atoms with Gasteiger partial charge in [-0.3, -0.25) is 9.69 Å². The highest BCUT2D eigenvalue weighted by atomic mass is 16.5. The van der Waals surface area contributed by atoms with Gasteiger partial charge in [-0.25, -0.2) is 0 Å². The van der Waals surface area contributed by atoms with Gasteiger partial charge in [0.2, 0.25) is 5.91 Å². The van der Waals surface area contributed by atoms with E-state index in [1.165, 1.54) is 25.7 Å². The maximum Gasteiger partial charge on any atom is 0.234 e. The quantitative estimate of drug-likeness (QED) is 0.889. The first-order chi connectivity index (χ1) is 12.2. The number of anilines is 1. The number of nitrogens with zero attached hydrogens (tertiary/aromatic N) is 2. The summed E-state index contributed by atoms with van der Waals surface area (Å²) >= 11 is 0. The van der Waals surface area contributed by atoms with Gasteiger partial charge in [0.05, 0.1) is 19.3 Å². The third-order valence-electron chi connectivity index (χ3n) is 6.25. The number of benzene rings is 1. The molecule has 4 rings (SSSR count). The Morgan fingerprint density at radius 2 is 1.96 bits per heavy atom. The lowest BCUT2D eigenvalue weighted by atomic mass is 9.95. The minimum Gasteiger partial charge on any atom is -0.495 e. The van der Waals surface area contributed by atoms with Crippen LogP contribution in [0.2, 0.25) is 0 Å². The Hall–Kier alpha value is -1.75. The van der Waals surface area contributed by atoms with Gasteiger partial charge in [0.25, 0.3) is 0 Å². The van der Waals surface area contributed by atoms with Crippen molar-refractivity contribution in [2.45, 2.75) is 31.7 Å². The maximum atomic E-state index is 12.4. The molecule has 0 radical (unpaired) electrons. The Bertz CT molecular complexity index is 613. The summed E-state index contributed by atoms with van der Waals surface area (Å²) in [5.74, 6) is 2.75. The molecule has 136 valence electrons. The SMILES string of the molecule is COc1ccccc1N1CCN(CC(=O)N[C@H]2C[C@@H]3CC[C@@H]2C3)CC1. The molecule has 5 nitrogen and oxygen atoms in total. The molecular weight excluding hydrogens is 314 g/mol. The average Bonchev–Trinajstić information content (AvgIpc) is 3.25. The van der Waals surface area contributed by atoms with Crippen LogP contribution in [-0.4, -0.2) is 56.7 Å². The molecule has 2 bridgehead atoms. The molecule has 1 N–H and O–H groups in total. The van der Waals surface area contributed by atoms with E-state index in [2.05, 4.69) is 21.2 Å². The molecule has 1 amide bonds. The minimum absolute atomic E-state index is 0.211. The highest BCUT2D eigenvalue weighted by Crippen LogP contribution is 2.44. The van der Waals surface area contributed by atoms with Crippen molar-refractivity contribution < 1.29 is 9.53 Å². The average molecular weight is 343 g/mol. The largest absolute Gasteiger partial charge is 0.495 e. The Labute approximate surface area is 150 Å². The minimum atomic E-state index is 0.211. The molecule has 2 aliphatic carbocycles. The van der Waals surface area contributed by atoms with Crippen LogP contribution in [0, 0.1) is 11.8 Å². The highest BCUT2D eigenvalue weighted by Gasteiger charge is 2.40. The smallest absolute Gasteiger partial charge is 0.234 e. The van der Waals surface area contributed by atoms with E-state index in [9.17, 15) is 4.79 Å². The Balaban J connectivity index is 1.25. The monoisotopic (exact) mass is 343 g/mol. The zero-order valence-corrected chi connectivity index (χ0v) is 15.1. The number of para-hydroxylation sites is 2. The van der Waals surface area contributed by atoms with Crippen LogP contribution in [0.1, 0.15) is 25.7 Å². The first-order valence-corrected chi connectivity index (χ1v) is 9.62. The van der Waals surface area contributed by atoms with E-state index >= 15 is 0 Å². The molecular formula is C20H29N3O2. The number of hydrogen-bond donors (Lipinski definition) is 1. The fourth-order valence-corrected chi connectivity index (χ4v) is 4.91. The van der Waals surface area contributed by atoms with Gasteiger partial charge in [0.1, 0.15) is 5.75 Å². The predicted molar refractivity (Wildman–Crippen MR) is 99.0 cm³/mol. The van der Waals surface area contributed by atoms with Crippen molar-refractivity contribution in [3.8, 4) is 5.75 Å². The number of hydrogen-bond acceptors (Lipinski definition) is 4. The van der Waals surface area contributed by atoms with Crippen molar-refractivity contribution in [2.75, 3.05) is 44.7 Å². The third-order valence-corrected chi connectivity index (χ3v) is 6.25.